The van der Waals surface area contributed by atoms with E-state index in [0.29, 0.717) is 19.1 Å². The predicted molar refractivity (Wildman–Crippen MR) is 98.5 cm³/mol. The molecule has 0 saturated carbocycles. The molecule has 24 heavy (non-hydrogen) atoms. The predicted octanol–water partition coefficient (Wildman–Crippen LogP) is 1.50. The third-order valence-electron chi connectivity index (χ3n) is 4.10. The third-order valence-corrected chi connectivity index (χ3v) is 4.10. The van der Waals surface area contributed by atoms with Crippen LogP contribution in [0.3, 0.4) is 0 Å². The summed E-state index contributed by atoms with van der Waals surface area (Å²) in [6.07, 6.45) is -0.251. The van der Waals surface area contributed by atoms with Crippen LogP contribution in [0.25, 0.3) is 0 Å². The van der Waals surface area contributed by atoms with Gasteiger partial charge in [0.1, 0.15) is 5.60 Å². The molecule has 140 valence electrons. The van der Waals surface area contributed by atoms with Crippen LogP contribution in [0.5, 0.6) is 0 Å². The second-order valence-electron chi connectivity index (χ2n) is 7.25. The van der Waals surface area contributed by atoms with Gasteiger partial charge in [-0.1, -0.05) is 13.8 Å². The number of likely N-dealkylation sites (tertiary alicyclic amines) is 1. The lowest BCUT2D eigenvalue weighted by Gasteiger charge is -2.40. The van der Waals surface area contributed by atoms with Crippen LogP contribution < -0.4 is 10.6 Å². The third kappa shape index (κ3) is 6.55. The van der Waals surface area contributed by atoms with Gasteiger partial charge >= 0.3 is 6.09 Å². The maximum absolute atomic E-state index is 11.9. The molecule has 1 atom stereocenters. The number of carbonyl (C=O) groups excluding carboxylic acids is 1. The first-order valence-electron chi connectivity index (χ1n) is 8.89. The largest absolute Gasteiger partial charge is 0.444 e. The van der Waals surface area contributed by atoms with Gasteiger partial charge in [0.05, 0.1) is 6.04 Å². The summed E-state index contributed by atoms with van der Waals surface area (Å²) in [6.45, 7) is 16.4. The topological polar surface area (TPSA) is 69.2 Å². The Balaban J connectivity index is 2.33. The average molecular weight is 342 g/mol. The van der Waals surface area contributed by atoms with E-state index in [1.165, 1.54) is 0 Å². The number of likely N-dealkylation sites (N-methyl/N-ethyl adjacent to an activating group) is 1. The van der Waals surface area contributed by atoms with Crippen molar-refractivity contribution in [2.24, 2.45) is 4.99 Å². The number of aliphatic imine (C=N–C) groups is 1. The fraction of sp³-hybridized carbons (Fsp3) is 0.882. The van der Waals surface area contributed by atoms with Crippen LogP contribution in [-0.4, -0.2) is 79.3 Å². The SMILES string of the molecule is CCN(CC)C(C)CNC(=NC)NC1CN(C(=O)OC(C)(C)C)C1. The highest BCUT2D eigenvalue weighted by atomic mass is 16.6. The summed E-state index contributed by atoms with van der Waals surface area (Å²) < 4.78 is 5.36. The average Bonchev–Trinajstić information content (AvgIpc) is 2.44. The molecule has 0 aromatic carbocycles. The van der Waals surface area contributed by atoms with Crippen LogP contribution in [-0.2, 0) is 4.74 Å². The quantitative estimate of drug-likeness (QED) is 0.566. The van der Waals surface area contributed by atoms with E-state index >= 15 is 0 Å². The maximum atomic E-state index is 11.9. The summed E-state index contributed by atoms with van der Waals surface area (Å²) in [5, 5.41) is 6.71. The van der Waals surface area contributed by atoms with Crippen LogP contribution in [0.4, 0.5) is 4.79 Å². The van der Waals surface area contributed by atoms with Gasteiger partial charge in [-0.3, -0.25) is 9.89 Å². The second kappa shape index (κ2) is 9.11. The molecule has 1 amide bonds. The summed E-state index contributed by atoms with van der Waals surface area (Å²) in [5.74, 6) is 0.780. The first kappa shape index (κ1) is 20.5. The van der Waals surface area contributed by atoms with E-state index < -0.39 is 5.60 Å². The lowest BCUT2D eigenvalue weighted by Crippen LogP contribution is -2.63. The van der Waals surface area contributed by atoms with Gasteiger partial charge in [0, 0.05) is 32.7 Å². The molecule has 7 nitrogen and oxygen atoms in total. The zero-order chi connectivity index (χ0) is 18.3. The molecule has 1 aliphatic rings. The van der Waals surface area contributed by atoms with Crippen molar-refractivity contribution in [1.82, 2.24) is 20.4 Å². The zero-order valence-electron chi connectivity index (χ0n) is 16.3. The molecule has 0 radical (unpaired) electrons. The molecule has 7 heteroatoms. The van der Waals surface area contributed by atoms with Crippen molar-refractivity contribution < 1.29 is 9.53 Å². The Morgan fingerprint density at radius 3 is 2.38 bits per heavy atom. The molecule has 2 N–H and O–H groups in total. The van der Waals surface area contributed by atoms with Gasteiger partial charge < -0.3 is 20.3 Å². The van der Waals surface area contributed by atoms with Crippen molar-refractivity contribution in [3.05, 3.63) is 0 Å². The van der Waals surface area contributed by atoms with E-state index in [4.69, 9.17) is 4.74 Å². The van der Waals surface area contributed by atoms with Crippen molar-refractivity contribution in [1.29, 1.82) is 0 Å². The molecule has 0 spiro atoms. The van der Waals surface area contributed by atoms with Crippen LogP contribution in [0.1, 0.15) is 41.5 Å². The number of ether oxygens (including phenoxy) is 1. The zero-order valence-corrected chi connectivity index (χ0v) is 16.3. The van der Waals surface area contributed by atoms with E-state index in [2.05, 4.69) is 41.3 Å². The summed E-state index contributed by atoms with van der Waals surface area (Å²) in [6, 6.07) is 0.658. The lowest BCUT2D eigenvalue weighted by atomic mass is 10.1. The molecule has 1 heterocycles. The highest BCUT2D eigenvalue weighted by Crippen LogP contribution is 2.15. The second-order valence-corrected chi connectivity index (χ2v) is 7.25. The Hall–Kier alpha value is -1.50. The molecule has 0 bridgehead atoms. The minimum atomic E-state index is -0.451. The Kier molecular flexibility index (Phi) is 7.79. The number of carbonyl (C=O) groups is 1. The van der Waals surface area contributed by atoms with Gasteiger partial charge in [-0.05, 0) is 40.8 Å². The van der Waals surface area contributed by atoms with Crippen LogP contribution >= 0.6 is 0 Å². The highest BCUT2D eigenvalue weighted by molar-refractivity contribution is 5.80. The number of hydrogen-bond donors (Lipinski definition) is 2. The van der Waals surface area contributed by atoms with Gasteiger partial charge in [-0.2, -0.15) is 0 Å². The van der Waals surface area contributed by atoms with Crippen molar-refractivity contribution in [2.45, 2.75) is 59.2 Å². The van der Waals surface area contributed by atoms with E-state index in [-0.39, 0.29) is 12.1 Å². The van der Waals surface area contributed by atoms with Crippen LogP contribution in [0.15, 0.2) is 4.99 Å². The van der Waals surface area contributed by atoms with Crippen molar-refractivity contribution >= 4 is 12.1 Å². The van der Waals surface area contributed by atoms with E-state index in [1.54, 1.807) is 11.9 Å². The van der Waals surface area contributed by atoms with E-state index in [1.807, 2.05) is 20.8 Å². The molecule has 0 aliphatic carbocycles. The molecule has 0 aromatic rings. The number of rotatable bonds is 6. The molecular weight excluding hydrogens is 306 g/mol. The Labute approximate surface area is 146 Å². The van der Waals surface area contributed by atoms with Crippen LogP contribution in [0.2, 0.25) is 0 Å². The minimum absolute atomic E-state index is 0.215. The normalized spacial score (nSPS) is 17.5. The lowest BCUT2D eigenvalue weighted by molar-refractivity contribution is 0.00700. The maximum Gasteiger partial charge on any atom is 0.410 e. The van der Waals surface area contributed by atoms with Gasteiger partial charge in [0.2, 0.25) is 0 Å². The summed E-state index contributed by atoms with van der Waals surface area (Å²) >= 11 is 0. The van der Waals surface area contributed by atoms with E-state index in [0.717, 1.165) is 25.6 Å². The summed E-state index contributed by atoms with van der Waals surface area (Å²) in [4.78, 5) is 20.3. The Morgan fingerprint density at radius 2 is 1.92 bits per heavy atom. The first-order chi connectivity index (χ1) is 11.2. The van der Waals surface area contributed by atoms with Gasteiger partial charge in [0.15, 0.2) is 5.96 Å². The summed E-state index contributed by atoms with van der Waals surface area (Å²) in [7, 11) is 1.77. The number of amides is 1. The number of nitrogens with one attached hydrogen (secondary N) is 2. The summed E-state index contributed by atoms with van der Waals surface area (Å²) in [5.41, 5.74) is -0.451. The number of hydrogen-bond acceptors (Lipinski definition) is 4. The fourth-order valence-corrected chi connectivity index (χ4v) is 2.65. The molecule has 1 rings (SSSR count). The van der Waals surface area contributed by atoms with Crippen LogP contribution in [0, 0.1) is 0 Å². The molecule has 0 aromatic heterocycles. The smallest absolute Gasteiger partial charge is 0.410 e. The standard InChI is InChI=1S/C17H35N5O2/c1-8-21(9-2)13(3)10-19-15(18-7)20-14-11-22(12-14)16(23)24-17(4,5)6/h13-14H,8-12H2,1-7H3,(H2,18,19,20). The van der Waals surface area contributed by atoms with Crippen molar-refractivity contribution in [2.75, 3.05) is 39.8 Å². The minimum Gasteiger partial charge on any atom is -0.444 e. The van der Waals surface area contributed by atoms with Gasteiger partial charge in [-0.25, -0.2) is 4.79 Å². The number of guanidine groups is 1. The molecule has 1 saturated heterocycles. The molecule has 1 unspecified atom stereocenters. The Bertz CT molecular complexity index is 423. The Morgan fingerprint density at radius 1 is 1.33 bits per heavy atom. The fourth-order valence-electron chi connectivity index (χ4n) is 2.65. The highest BCUT2D eigenvalue weighted by Gasteiger charge is 2.34. The first-order valence-corrected chi connectivity index (χ1v) is 8.89. The van der Waals surface area contributed by atoms with Gasteiger partial charge in [0.25, 0.3) is 0 Å². The molecular formula is C17H35N5O2. The van der Waals surface area contributed by atoms with Gasteiger partial charge in [-0.15, -0.1) is 0 Å². The van der Waals surface area contributed by atoms with Crippen molar-refractivity contribution in [3.63, 3.8) is 0 Å². The number of nitrogens with zero attached hydrogens (tertiary/aromatic N) is 3. The van der Waals surface area contributed by atoms with Crippen molar-refractivity contribution in [3.8, 4) is 0 Å². The molecule has 1 aliphatic heterocycles. The van der Waals surface area contributed by atoms with E-state index in [9.17, 15) is 4.79 Å². The molecule has 1 fully saturated rings. The monoisotopic (exact) mass is 341 g/mol.